The van der Waals surface area contributed by atoms with Crippen molar-refractivity contribution in [2.75, 3.05) is 20.2 Å². The molecule has 0 saturated carbocycles. The summed E-state index contributed by atoms with van der Waals surface area (Å²) in [7, 11) is 1.69. The van der Waals surface area contributed by atoms with Gasteiger partial charge in [-0.1, -0.05) is 35.9 Å². The van der Waals surface area contributed by atoms with Crippen molar-refractivity contribution in [3.8, 4) is 5.75 Å². The van der Waals surface area contributed by atoms with Gasteiger partial charge in [-0.25, -0.2) is 0 Å². The molecule has 20 heavy (non-hydrogen) atoms. The van der Waals surface area contributed by atoms with E-state index in [1.165, 1.54) is 11.1 Å². The third-order valence-corrected chi connectivity index (χ3v) is 3.51. The third-order valence-electron chi connectivity index (χ3n) is 3.25. The molecule has 0 unspecified atom stereocenters. The van der Waals surface area contributed by atoms with Crippen molar-refractivity contribution in [3.05, 3.63) is 64.7 Å². The lowest BCUT2D eigenvalue weighted by Crippen LogP contribution is -2.20. The SMILES string of the molecule is COc1ccc(CCNCCc2ccc(Cl)cc2)cc1. The summed E-state index contributed by atoms with van der Waals surface area (Å²) in [4.78, 5) is 0. The van der Waals surface area contributed by atoms with E-state index in [-0.39, 0.29) is 0 Å². The van der Waals surface area contributed by atoms with Gasteiger partial charge >= 0.3 is 0 Å². The molecule has 0 atom stereocenters. The second-order valence-corrected chi connectivity index (χ2v) is 5.16. The van der Waals surface area contributed by atoms with Gasteiger partial charge in [-0.3, -0.25) is 0 Å². The first-order chi connectivity index (χ1) is 9.78. The zero-order valence-corrected chi connectivity index (χ0v) is 12.5. The highest BCUT2D eigenvalue weighted by Crippen LogP contribution is 2.11. The molecule has 0 heterocycles. The fourth-order valence-electron chi connectivity index (χ4n) is 2.03. The van der Waals surface area contributed by atoms with Crippen LogP contribution in [0.2, 0.25) is 5.02 Å². The molecule has 2 nitrogen and oxygen atoms in total. The first-order valence-electron chi connectivity index (χ1n) is 6.86. The average Bonchev–Trinajstić information content (AvgIpc) is 2.49. The highest BCUT2D eigenvalue weighted by Gasteiger charge is 1.96. The predicted molar refractivity (Wildman–Crippen MR) is 84.7 cm³/mol. The number of rotatable bonds is 7. The minimum absolute atomic E-state index is 0.793. The van der Waals surface area contributed by atoms with E-state index < -0.39 is 0 Å². The quantitative estimate of drug-likeness (QED) is 0.784. The van der Waals surface area contributed by atoms with Crippen LogP contribution in [0.4, 0.5) is 0 Å². The van der Waals surface area contributed by atoms with Crippen LogP contribution in [0, 0.1) is 0 Å². The van der Waals surface area contributed by atoms with Crippen molar-refractivity contribution >= 4 is 11.6 Å². The minimum Gasteiger partial charge on any atom is -0.497 e. The van der Waals surface area contributed by atoms with Crippen molar-refractivity contribution < 1.29 is 4.74 Å². The number of hydrogen-bond donors (Lipinski definition) is 1. The van der Waals surface area contributed by atoms with Crippen LogP contribution in [0.25, 0.3) is 0 Å². The van der Waals surface area contributed by atoms with E-state index in [1.54, 1.807) is 7.11 Å². The molecule has 106 valence electrons. The van der Waals surface area contributed by atoms with Gasteiger partial charge in [0.25, 0.3) is 0 Å². The van der Waals surface area contributed by atoms with Crippen molar-refractivity contribution in [3.63, 3.8) is 0 Å². The van der Waals surface area contributed by atoms with Crippen LogP contribution in [-0.2, 0) is 12.8 Å². The normalized spacial score (nSPS) is 10.5. The second kappa shape index (κ2) is 7.93. The number of hydrogen-bond acceptors (Lipinski definition) is 2. The van der Waals surface area contributed by atoms with E-state index in [9.17, 15) is 0 Å². The Kier molecular flexibility index (Phi) is 5.90. The zero-order valence-electron chi connectivity index (χ0n) is 11.7. The Morgan fingerprint density at radius 3 is 1.85 bits per heavy atom. The molecule has 0 aliphatic rings. The summed E-state index contributed by atoms with van der Waals surface area (Å²) in [5.41, 5.74) is 2.64. The molecule has 0 aliphatic carbocycles. The van der Waals surface area contributed by atoms with Crippen molar-refractivity contribution in [2.45, 2.75) is 12.8 Å². The van der Waals surface area contributed by atoms with Crippen molar-refractivity contribution in [1.29, 1.82) is 0 Å². The molecule has 2 rings (SSSR count). The van der Waals surface area contributed by atoms with E-state index >= 15 is 0 Å². The molecule has 0 spiro atoms. The fourth-order valence-corrected chi connectivity index (χ4v) is 2.16. The molecule has 0 aromatic heterocycles. The molecule has 3 heteroatoms. The van der Waals surface area contributed by atoms with Gasteiger partial charge in [-0.05, 0) is 61.3 Å². The van der Waals surface area contributed by atoms with Gasteiger partial charge in [0.05, 0.1) is 7.11 Å². The van der Waals surface area contributed by atoms with Crippen LogP contribution in [0.1, 0.15) is 11.1 Å². The zero-order chi connectivity index (χ0) is 14.2. The van der Waals surface area contributed by atoms with Crippen LogP contribution >= 0.6 is 11.6 Å². The van der Waals surface area contributed by atoms with Gasteiger partial charge in [0.15, 0.2) is 0 Å². The summed E-state index contributed by atoms with van der Waals surface area (Å²) in [5.74, 6) is 0.907. The molecule has 0 bridgehead atoms. The molecule has 1 N–H and O–H groups in total. The largest absolute Gasteiger partial charge is 0.497 e. The highest BCUT2D eigenvalue weighted by molar-refractivity contribution is 6.30. The van der Waals surface area contributed by atoms with Crippen molar-refractivity contribution in [2.24, 2.45) is 0 Å². The number of methoxy groups -OCH3 is 1. The minimum atomic E-state index is 0.793. The number of halogens is 1. The van der Waals surface area contributed by atoms with Gasteiger partial charge in [-0.15, -0.1) is 0 Å². The summed E-state index contributed by atoms with van der Waals surface area (Å²) in [6, 6.07) is 16.3. The molecular formula is C17H20ClNO. The summed E-state index contributed by atoms with van der Waals surface area (Å²) in [5, 5.41) is 4.25. The summed E-state index contributed by atoms with van der Waals surface area (Å²) < 4.78 is 5.14. The lowest BCUT2D eigenvalue weighted by molar-refractivity contribution is 0.414. The van der Waals surface area contributed by atoms with Gasteiger partial charge in [-0.2, -0.15) is 0 Å². The van der Waals surface area contributed by atoms with Crippen LogP contribution in [-0.4, -0.2) is 20.2 Å². The molecule has 0 amide bonds. The summed E-state index contributed by atoms with van der Waals surface area (Å²) in [6.07, 6.45) is 2.06. The van der Waals surface area contributed by atoms with Crippen LogP contribution < -0.4 is 10.1 Å². The lowest BCUT2D eigenvalue weighted by atomic mass is 10.1. The Hall–Kier alpha value is -1.51. The molecule has 0 fully saturated rings. The van der Waals surface area contributed by atoms with Crippen LogP contribution in [0.15, 0.2) is 48.5 Å². The van der Waals surface area contributed by atoms with Gasteiger partial charge in [0, 0.05) is 5.02 Å². The molecule has 2 aromatic rings. The Bertz CT molecular complexity index is 508. The standard InChI is InChI=1S/C17H20ClNO/c1-20-17-8-4-15(5-9-17)11-13-19-12-10-14-2-6-16(18)7-3-14/h2-9,19H,10-13H2,1H3. The second-order valence-electron chi connectivity index (χ2n) is 4.72. The molecule has 0 saturated heterocycles. The van der Waals surface area contributed by atoms with Gasteiger partial charge in [0.2, 0.25) is 0 Å². The smallest absolute Gasteiger partial charge is 0.118 e. The van der Waals surface area contributed by atoms with E-state index in [1.807, 2.05) is 24.3 Å². The van der Waals surface area contributed by atoms with Crippen LogP contribution in [0.5, 0.6) is 5.75 Å². The van der Waals surface area contributed by atoms with E-state index in [4.69, 9.17) is 16.3 Å². The Morgan fingerprint density at radius 2 is 1.35 bits per heavy atom. The van der Waals surface area contributed by atoms with E-state index in [0.717, 1.165) is 36.7 Å². The van der Waals surface area contributed by atoms with E-state index in [0.29, 0.717) is 0 Å². The van der Waals surface area contributed by atoms with Crippen molar-refractivity contribution in [1.82, 2.24) is 5.32 Å². The number of ether oxygens (including phenoxy) is 1. The van der Waals surface area contributed by atoms with E-state index in [2.05, 4.69) is 29.6 Å². The first-order valence-corrected chi connectivity index (χ1v) is 7.24. The highest BCUT2D eigenvalue weighted by atomic mass is 35.5. The van der Waals surface area contributed by atoms with Gasteiger partial charge in [0.1, 0.15) is 5.75 Å². The Labute approximate surface area is 125 Å². The lowest BCUT2D eigenvalue weighted by Gasteiger charge is -2.06. The maximum absolute atomic E-state index is 5.86. The monoisotopic (exact) mass is 289 g/mol. The summed E-state index contributed by atoms with van der Waals surface area (Å²) in [6.45, 7) is 1.97. The molecule has 0 radical (unpaired) electrons. The molecule has 2 aromatic carbocycles. The average molecular weight is 290 g/mol. The fraction of sp³-hybridized carbons (Fsp3) is 0.294. The van der Waals surface area contributed by atoms with Crippen LogP contribution in [0.3, 0.4) is 0 Å². The first kappa shape index (κ1) is 14.9. The topological polar surface area (TPSA) is 21.3 Å². The Morgan fingerprint density at radius 1 is 0.850 bits per heavy atom. The maximum atomic E-state index is 5.86. The predicted octanol–water partition coefficient (Wildman–Crippen LogP) is 3.72. The van der Waals surface area contributed by atoms with Gasteiger partial charge < -0.3 is 10.1 Å². The molecule has 0 aliphatic heterocycles. The summed E-state index contributed by atoms with van der Waals surface area (Å²) >= 11 is 5.86. The number of nitrogens with one attached hydrogen (secondary N) is 1. The maximum Gasteiger partial charge on any atom is 0.118 e. The molecular weight excluding hydrogens is 270 g/mol. The Balaban J connectivity index is 1.64. The third kappa shape index (κ3) is 4.87. The number of benzene rings is 2.